The van der Waals surface area contributed by atoms with E-state index < -0.39 is 24.7 Å². The quantitative estimate of drug-likeness (QED) is 0.876. The van der Waals surface area contributed by atoms with Crippen molar-refractivity contribution in [3.8, 4) is 0 Å². The molecular formula is C17H22F3N3O3. The zero-order valence-electron chi connectivity index (χ0n) is 14.5. The van der Waals surface area contributed by atoms with Gasteiger partial charge in [-0.05, 0) is 32.3 Å². The molecule has 1 atom stereocenters. The van der Waals surface area contributed by atoms with E-state index in [9.17, 15) is 22.8 Å². The Balaban J connectivity index is 1.49. The van der Waals surface area contributed by atoms with Gasteiger partial charge < -0.3 is 14.6 Å². The van der Waals surface area contributed by atoms with Crippen molar-refractivity contribution in [1.82, 2.24) is 15.1 Å². The van der Waals surface area contributed by atoms with Gasteiger partial charge in [0.15, 0.2) is 0 Å². The molecule has 0 bridgehead atoms. The summed E-state index contributed by atoms with van der Waals surface area (Å²) in [6.45, 7) is 1.82. The summed E-state index contributed by atoms with van der Waals surface area (Å²) in [7, 11) is 0. The molecule has 1 aromatic rings. The lowest BCUT2D eigenvalue weighted by Gasteiger charge is -2.35. The Hall–Kier alpha value is -2.03. The van der Waals surface area contributed by atoms with Gasteiger partial charge in [0, 0.05) is 25.7 Å². The van der Waals surface area contributed by atoms with Gasteiger partial charge >= 0.3 is 6.18 Å². The van der Waals surface area contributed by atoms with Gasteiger partial charge in [0.1, 0.15) is 12.3 Å². The van der Waals surface area contributed by atoms with E-state index in [4.69, 9.17) is 4.42 Å². The van der Waals surface area contributed by atoms with E-state index >= 15 is 0 Å². The van der Waals surface area contributed by atoms with Crippen LogP contribution in [0.2, 0.25) is 0 Å². The maximum Gasteiger partial charge on any atom is 0.406 e. The molecule has 1 aromatic heterocycles. The molecule has 9 heteroatoms. The van der Waals surface area contributed by atoms with Crippen LogP contribution in [-0.2, 0) is 4.79 Å². The van der Waals surface area contributed by atoms with Gasteiger partial charge in [-0.2, -0.15) is 13.2 Å². The van der Waals surface area contributed by atoms with E-state index in [0.29, 0.717) is 43.7 Å². The summed E-state index contributed by atoms with van der Waals surface area (Å²) in [5.74, 6) is -0.0805. The summed E-state index contributed by atoms with van der Waals surface area (Å²) in [6, 6.07) is 1.12. The van der Waals surface area contributed by atoms with Crippen LogP contribution in [0.5, 0.6) is 0 Å². The van der Waals surface area contributed by atoms with Crippen molar-refractivity contribution >= 4 is 11.8 Å². The molecule has 6 nitrogen and oxygen atoms in total. The molecule has 2 amide bonds. The maximum absolute atomic E-state index is 12.5. The first-order valence-electron chi connectivity index (χ1n) is 8.69. The van der Waals surface area contributed by atoms with Crippen molar-refractivity contribution in [2.45, 2.75) is 44.4 Å². The van der Waals surface area contributed by atoms with Crippen LogP contribution in [-0.4, -0.2) is 66.1 Å². The lowest BCUT2D eigenvalue weighted by atomic mass is 10.0. The first-order valence-corrected chi connectivity index (χ1v) is 8.69. The summed E-state index contributed by atoms with van der Waals surface area (Å²) in [5, 5.41) is 2.95. The van der Waals surface area contributed by atoms with E-state index in [1.54, 1.807) is 13.0 Å². The molecule has 2 saturated heterocycles. The summed E-state index contributed by atoms with van der Waals surface area (Å²) in [5.41, 5.74) is 0.501. The second kappa shape index (κ2) is 7.30. The van der Waals surface area contributed by atoms with E-state index in [1.807, 2.05) is 4.90 Å². The number of halogens is 3. The standard InChI is InChI=1S/C17H22F3N3O3/c1-11-13(5-9-26-11)15(24)21-12-2-6-22(7-3-12)14-4-8-23(16(14)25)10-17(18,19)20/h5,9,12,14H,2-4,6-8,10H2,1H3,(H,21,24). The highest BCUT2D eigenvalue weighted by Gasteiger charge is 2.42. The predicted octanol–water partition coefficient (Wildman–Crippen LogP) is 1.95. The SMILES string of the molecule is Cc1occc1C(=O)NC1CCN(C2CCN(CC(F)(F)F)C2=O)CC1. The highest BCUT2D eigenvalue weighted by Crippen LogP contribution is 2.25. The average Bonchev–Trinajstić information content (AvgIpc) is 3.14. The molecular weight excluding hydrogens is 351 g/mol. The fourth-order valence-electron chi connectivity index (χ4n) is 3.67. The Labute approximate surface area is 149 Å². The van der Waals surface area contributed by atoms with Crippen molar-refractivity contribution in [3.63, 3.8) is 0 Å². The second-order valence-corrected chi connectivity index (χ2v) is 6.85. The van der Waals surface area contributed by atoms with Crippen molar-refractivity contribution in [2.75, 3.05) is 26.2 Å². The van der Waals surface area contributed by atoms with Crippen LogP contribution >= 0.6 is 0 Å². The molecule has 1 unspecified atom stereocenters. The molecule has 144 valence electrons. The molecule has 0 aromatic carbocycles. The van der Waals surface area contributed by atoms with Crippen molar-refractivity contribution in [3.05, 3.63) is 23.7 Å². The summed E-state index contributed by atoms with van der Waals surface area (Å²) < 4.78 is 42.7. The number of nitrogens with zero attached hydrogens (tertiary/aromatic N) is 2. The summed E-state index contributed by atoms with van der Waals surface area (Å²) in [6.07, 6.45) is -1.17. The van der Waals surface area contributed by atoms with E-state index in [-0.39, 0.29) is 18.5 Å². The lowest BCUT2D eigenvalue weighted by Crippen LogP contribution is -2.50. The van der Waals surface area contributed by atoms with Crippen LogP contribution in [0, 0.1) is 6.92 Å². The Morgan fingerprint density at radius 1 is 1.27 bits per heavy atom. The van der Waals surface area contributed by atoms with E-state index in [2.05, 4.69) is 5.32 Å². The molecule has 3 heterocycles. The van der Waals surface area contributed by atoms with Crippen LogP contribution in [0.4, 0.5) is 13.2 Å². The minimum Gasteiger partial charge on any atom is -0.469 e. The Morgan fingerprint density at radius 3 is 2.54 bits per heavy atom. The number of alkyl halides is 3. The van der Waals surface area contributed by atoms with Crippen LogP contribution < -0.4 is 5.32 Å². The Kier molecular flexibility index (Phi) is 5.27. The topological polar surface area (TPSA) is 65.8 Å². The van der Waals surface area contributed by atoms with Gasteiger partial charge in [0.05, 0.1) is 17.9 Å². The number of rotatable bonds is 4. The highest BCUT2D eigenvalue weighted by atomic mass is 19.4. The number of likely N-dealkylation sites (tertiary alicyclic amines) is 2. The number of furan rings is 1. The third kappa shape index (κ3) is 4.20. The third-order valence-electron chi connectivity index (χ3n) is 5.05. The number of aryl methyl sites for hydroxylation is 1. The number of nitrogens with one attached hydrogen (secondary N) is 1. The number of piperidine rings is 1. The molecule has 0 aliphatic carbocycles. The van der Waals surface area contributed by atoms with Gasteiger partial charge in [0.25, 0.3) is 5.91 Å². The maximum atomic E-state index is 12.5. The summed E-state index contributed by atoms with van der Waals surface area (Å²) in [4.78, 5) is 27.3. The van der Waals surface area contributed by atoms with Gasteiger partial charge in [0.2, 0.25) is 5.91 Å². The molecule has 0 radical (unpaired) electrons. The fraction of sp³-hybridized carbons (Fsp3) is 0.647. The smallest absolute Gasteiger partial charge is 0.406 e. The molecule has 2 aliphatic heterocycles. The van der Waals surface area contributed by atoms with Crippen molar-refractivity contribution in [2.24, 2.45) is 0 Å². The van der Waals surface area contributed by atoms with Crippen LogP contribution in [0.1, 0.15) is 35.4 Å². The second-order valence-electron chi connectivity index (χ2n) is 6.85. The summed E-state index contributed by atoms with van der Waals surface area (Å²) >= 11 is 0. The van der Waals surface area contributed by atoms with Crippen LogP contribution in [0.15, 0.2) is 16.7 Å². The van der Waals surface area contributed by atoms with Gasteiger partial charge in [-0.25, -0.2) is 0 Å². The van der Waals surface area contributed by atoms with Crippen molar-refractivity contribution < 1.29 is 27.2 Å². The fourth-order valence-corrected chi connectivity index (χ4v) is 3.67. The molecule has 2 aliphatic rings. The number of carbonyl (C=O) groups excluding carboxylic acids is 2. The molecule has 26 heavy (non-hydrogen) atoms. The lowest BCUT2D eigenvalue weighted by molar-refractivity contribution is -0.159. The van der Waals surface area contributed by atoms with Crippen LogP contribution in [0.25, 0.3) is 0 Å². The first kappa shape index (κ1) is 18.8. The van der Waals surface area contributed by atoms with Gasteiger partial charge in [-0.3, -0.25) is 14.5 Å². The Morgan fingerprint density at radius 2 is 1.96 bits per heavy atom. The van der Waals surface area contributed by atoms with Gasteiger partial charge in [-0.15, -0.1) is 0 Å². The normalized spacial score (nSPS) is 22.8. The Bertz CT molecular complexity index is 666. The molecule has 2 fully saturated rings. The zero-order valence-corrected chi connectivity index (χ0v) is 14.5. The van der Waals surface area contributed by atoms with Gasteiger partial charge in [-0.1, -0.05) is 0 Å². The molecule has 3 rings (SSSR count). The minimum absolute atomic E-state index is 0.0177. The number of carbonyl (C=O) groups is 2. The predicted molar refractivity (Wildman–Crippen MR) is 86.5 cm³/mol. The number of hydrogen-bond acceptors (Lipinski definition) is 4. The highest BCUT2D eigenvalue weighted by molar-refractivity contribution is 5.95. The molecule has 1 N–H and O–H groups in total. The third-order valence-corrected chi connectivity index (χ3v) is 5.05. The number of amides is 2. The largest absolute Gasteiger partial charge is 0.469 e. The number of hydrogen-bond donors (Lipinski definition) is 1. The molecule has 0 saturated carbocycles. The van der Waals surface area contributed by atoms with Crippen LogP contribution in [0.3, 0.4) is 0 Å². The first-order chi connectivity index (χ1) is 12.2. The van der Waals surface area contributed by atoms with E-state index in [0.717, 1.165) is 4.90 Å². The zero-order chi connectivity index (χ0) is 18.9. The molecule has 0 spiro atoms. The van der Waals surface area contributed by atoms with E-state index in [1.165, 1.54) is 6.26 Å². The monoisotopic (exact) mass is 373 g/mol. The minimum atomic E-state index is -4.37. The average molecular weight is 373 g/mol. The van der Waals surface area contributed by atoms with Crippen molar-refractivity contribution in [1.29, 1.82) is 0 Å².